The third-order valence-electron chi connectivity index (χ3n) is 7.43. The van der Waals surface area contributed by atoms with Crippen molar-refractivity contribution in [1.29, 1.82) is 0 Å². The van der Waals surface area contributed by atoms with Crippen LogP contribution in [-0.4, -0.2) is 47.0 Å². The lowest BCUT2D eigenvalue weighted by Crippen LogP contribution is -2.64. The van der Waals surface area contributed by atoms with E-state index in [2.05, 4.69) is 5.32 Å². The van der Waals surface area contributed by atoms with Crippen molar-refractivity contribution in [1.82, 2.24) is 10.2 Å². The van der Waals surface area contributed by atoms with Gasteiger partial charge in [-0.1, -0.05) is 78.9 Å². The fraction of sp³-hybridized carbons (Fsp3) is 0.171. The van der Waals surface area contributed by atoms with E-state index >= 15 is 0 Å². The van der Waals surface area contributed by atoms with Gasteiger partial charge in [0.1, 0.15) is 17.3 Å². The van der Waals surface area contributed by atoms with Crippen LogP contribution in [0.1, 0.15) is 17.2 Å². The Morgan fingerprint density at radius 1 is 0.891 bits per heavy atom. The molecular weight excluding hydrogens is 614 g/mol. The molecule has 2 unspecified atom stereocenters. The predicted molar refractivity (Wildman–Crippen MR) is 166 cm³/mol. The molecule has 0 radical (unpaired) electrons. The maximum absolute atomic E-state index is 14.6. The molecule has 2 atom stereocenters. The van der Waals surface area contributed by atoms with Crippen molar-refractivity contribution in [2.45, 2.75) is 11.5 Å². The van der Waals surface area contributed by atoms with Crippen LogP contribution in [0, 0.1) is 17.6 Å². The van der Waals surface area contributed by atoms with Crippen molar-refractivity contribution >= 4 is 29.5 Å². The zero-order valence-corrected chi connectivity index (χ0v) is 25.1. The number of carbonyl (C=O) groups is 3. The molecular formula is C35H28F2N2O6S. The highest BCUT2D eigenvalue weighted by Gasteiger charge is 2.54. The number of carbonyl (C=O) groups excluding carboxylic acids is 3. The Balaban J connectivity index is 1.24. The molecule has 2 heterocycles. The van der Waals surface area contributed by atoms with E-state index in [1.165, 1.54) is 16.7 Å². The number of β-lactam (4-membered cyclic amide) rings is 1. The van der Waals surface area contributed by atoms with E-state index in [1.807, 2.05) is 66.7 Å². The van der Waals surface area contributed by atoms with Crippen molar-refractivity contribution in [3.63, 3.8) is 0 Å². The number of nitrogens with zero attached hydrogens (tertiary/aromatic N) is 1. The molecule has 0 saturated carbocycles. The molecule has 2 aliphatic rings. The number of hydrogen-bond acceptors (Lipinski definition) is 7. The highest BCUT2D eigenvalue weighted by atomic mass is 32.2. The highest BCUT2D eigenvalue weighted by Crippen LogP contribution is 2.45. The van der Waals surface area contributed by atoms with Gasteiger partial charge < -0.3 is 19.5 Å². The summed E-state index contributed by atoms with van der Waals surface area (Å²) in [7, 11) is 0. The van der Waals surface area contributed by atoms with Crippen LogP contribution in [0.5, 0.6) is 11.5 Å². The molecule has 234 valence electrons. The number of benzene rings is 4. The second-order valence-electron chi connectivity index (χ2n) is 10.5. The Labute approximate surface area is 268 Å². The number of esters is 1. The van der Waals surface area contributed by atoms with Gasteiger partial charge in [0.25, 0.3) is 5.91 Å². The van der Waals surface area contributed by atoms with Gasteiger partial charge in [0, 0.05) is 12.6 Å². The number of amides is 2. The van der Waals surface area contributed by atoms with Gasteiger partial charge in [-0.05, 0) is 35.4 Å². The quantitative estimate of drug-likeness (QED) is 0.168. The molecule has 46 heavy (non-hydrogen) atoms. The molecule has 0 aromatic heterocycles. The summed E-state index contributed by atoms with van der Waals surface area (Å²) in [6, 6.07) is 29.9. The van der Waals surface area contributed by atoms with Crippen LogP contribution in [0.4, 0.5) is 8.78 Å². The van der Waals surface area contributed by atoms with Gasteiger partial charge in [-0.2, -0.15) is 0 Å². The zero-order chi connectivity index (χ0) is 32.0. The maximum Gasteiger partial charge on any atom is 0.359 e. The van der Waals surface area contributed by atoms with E-state index < -0.39 is 46.8 Å². The zero-order valence-electron chi connectivity index (χ0n) is 24.3. The van der Waals surface area contributed by atoms with Crippen molar-refractivity contribution in [3.05, 3.63) is 143 Å². The van der Waals surface area contributed by atoms with Crippen LogP contribution in [0.3, 0.4) is 0 Å². The first kappa shape index (κ1) is 30.8. The third kappa shape index (κ3) is 6.74. The van der Waals surface area contributed by atoms with Gasteiger partial charge >= 0.3 is 5.97 Å². The van der Waals surface area contributed by atoms with Crippen LogP contribution in [-0.2, 0) is 19.1 Å². The molecule has 2 amide bonds. The van der Waals surface area contributed by atoms with Crippen molar-refractivity contribution < 1.29 is 37.4 Å². The van der Waals surface area contributed by atoms with Gasteiger partial charge in [0.2, 0.25) is 5.91 Å². The average molecular weight is 643 g/mol. The van der Waals surface area contributed by atoms with Crippen molar-refractivity contribution in [3.8, 4) is 11.5 Å². The summed E-state index contributed by atoms with van der Waals surface area (Å²) >= 11 is 1.29. The minimum Gasteiger partial charge on any atom is -0.484 e. The van der Waals surface area contributed by atoms with E-state index in [4.69, 9.17) is 14.2 Å². The van der Waals surface area contributed by atoms with Gasteiger partial charge in [-0.25, -0.2) is 13.6 Å². The van der Waals surface area contributed by atoms with E-state index in [1.54, 1.807) is 24.3 Å². The Hall–Kier alpha value is -5.16. The lowest BCUT2D eigenvalue weighted by atomic mass is 9.96. The molecule has 1 saturated heterocycles. The summed E-state index contributed by atoms with van der Waals surface area (Å²) in [5.41, 5.74) is 1.22. The SMILES string of the molecule is O=C(COc1ccccc1)NCC1C(=O)N2C(C(=O)OC(c3ccccc3)c3ccccc3)=C(Oc3ccc(F)cc3F)CSC12. The Bertz CT molecular complexity index is 1720. The number of thioether (sulfide) groups is 1. The van der Waals surface area contributed by atoms with Gasteiger partial charge in [-0.15, -0.1) is 11.8 Å². The lowest BCUT2D eigenvalue weighted by molar-refractivity contribution is -0.156. The normalized spacial score (nSPS) is 17.2. The Morgan fingerprint density at radius 3 is 2.15 bits per heavy atom. The van der Waals surface area contributed by atoms with Gasteiger partial charge in [0.15, 0.2) is 30.0 Å². The number of nitrogens with one attached hydrogen (secondary N) is 1. The highest BCUT2D eigenvalue weighted by molar-refractivity contribution is 8.00. The molecule has 2 aliphatic heterocycles. The van der Waals surface area contributed by atoms with E-state index in [0.29, 0.717) is 22.9 Å². The minimum absolute atomic E-state index is 0.0104. The predicted octanol–water partition coefficient (Wildman–Crippen LogP) is 5.61. The van der Waals surface area contributed by atoms with Crippen LogP contribution in [0.25, 0.3) is 0 Å². The van der Waals surface area contributed by atoms with Crippen LogP contribution in [0.15, 0.2) is 121 Å². The standard InChI is InChI=1S/C35H28F2N2O6S/c36-24-16-17-28(27(37)18-24)44-29-21-46-34-26(19-38-30(40)20-43-25-14-8-3-9-15-25)33(41)39(34)31(29)35(42)45-32(22-10-4-1-5-11-22)23-12-6-2-7-13-23/h1-18,26,32,34H,19-21H2,(H,38,40). The Morgan fingerprint density at radius 2 is 1.52 bits per heavy atom. The van der Waals surface area contributed by atoms with Gasteiger partial charge in [-0.3, -0.25) is 14.5 Å². The number of halogens is 2. The number of rotatable bonds is 11. The molecule has 8 nitrogen and oxygen atoms in total. The molecule has 1 fully saturated rings. The summed E-state index contributed by atoms with van der Waals surface area (Å²) in [5.74, 6) is -3.80. The van der Waals surface area contributed by atoms with Crippen LogP contribution in [0.2, 0.25) is 0 Å². The first-order chi connectivity index (χ1) is 22.4. The summed E-state index contributed by atoms with van der Waals surface area (Å²) in [5, 5.41) is 2.20. The fourth-order valence-electron chi connectivity index (χ4n) is 5.17. The second-order valence-corrected chi connectivity index (χ2v) is 11.6. The second kappa shape index (κ2) is 13.9. The third-order valence-corrected chi connectivity index (χ3v) is 8.74. The van der Waals surface area contributed by atoms with Crippen LogP contribution >= 0.6 is 11.8 Å². The molecule has 4 aromatic rings. The molecule has 0 aliphatic carbocycles. The molecule has 6 rings (SSSR count). The first-order valence-corrected chi connectivity index (χ1v) is 15.5. The number of ether oxygens (including phenoxy) is 3. The summed E-state index contributed by atoms with van der Waals surface area (Å²) in [4.78, 5) is 41.3. The summed E-state index contributed by atoms with van der Waals surface area (Å²) in [6.45, 7) is -0.211. The molecule has 11 heteroatoms. The summed E-state index contributed by atoms with van der Waals surface area (Å²) in [6.07, 6.45) is -0.824. The van der Waals surface area contributed by atoms with E-state index in [9.17, 15) is 23.2 Å². The summed E-state index contributed by atoms with van der Waals surface area (Å²) < 4.78 is 45.6. The topological polar surface area (TPSA) is 94.2 Å². The lowest BCUT2D eigenvalue weighted by Gasteiger charge is -2.49. The number of hydrogen-bond donors (Lipinski definition) is 1. The fourth-order valence-corrected chi connectivity index (χ4v) is 6.49. The van der Waals surface area contributed by atoms with Crippen molar-refractivity contribution in [2.24, 2.45) is 5.92 Å². The van der Waals surface area contributed by atoms with Gasteiger partial charge in [0.05, 0.1) is 17.0 Å². The maximum atomic E-state index is 14.6. The average Bonchev–Trinajstić information content (AvgIpc) is 3.08. The largest absolute Gasteiger partial charge is 0.484 e. The molecule has 1 N–H and O–H groups in total. The number of para-hydroxylation sites is 1. The van der Waals surface area contributed by atoms with E-state index in [-0.39, 0.29) is 36.1 Å². The minimum atomic E-state index is -0.966. The first-order valence-electron chi connectivity index (χ1n) is 14.4. The number of fused-ring (bicyclic) bond motifs is 1. The smallest absolute Gasteiger partial charge is 0.359 e. The van der Waals surface area contributed by atoms with Crippen molar-refractivity contribution in [2.75, 3.05) is 18.9 Å². The molecule has 4 aromatic carbocycles. The monoisotopic (exact) mass is 642 g/mol. The Kier molecular flexibility index (Phi) is 9.30. The molecule has 0 spiro atoms. The van der Waals surface area contributed by atoms with E-state index in [0.717, 1.165) is 12.1 Å². The molecule has 0 bridgehead atoms. The van der Waals surface area contributed by atoms with Crippen LogP contribution < -0.4 is 14.8 Å².